The Bertz CT molecular complexity index is 966. The van der Waals surface area contributed by atoms with Crippen LogP contribution in [0.15, 0.2) is 35.3 Å². The van der Waals surface area contributed by atoms with Crippen molar-refractivity contribution in [1.29, 1.82) is 0 Å². The Kier molecular flexibility index (Phi) is 8.58. The van der Waals surface area contributed by atoms with E-state index in [1.54, 1.807) is 13.0 Å². The average molecular weight is 491 g/mol. The number of allylic oxidation sites excluding steroid dienone is 1. The molecule has 2 aliphatic rings. The zero-order chi connectivity index (χ0) is 24.0. The first-order valence-corrected chi connectivity index (χ1v) is 12.6. The number of rotatable bonds is 4. The standard InChI is InChI=1S/C23H30N4O4S2/c1-14(2)19-21(29)31-16(8-4-5-10-32)11-18(28)24-12-15-7-6-9-17(25-15)20-27-23(3,13-33-20)22(30)26-19/h4,6-9,14,16,19,32H,5,10-13H2,1-3H3,(H,24,28)(H,26,30)/b8-4+/t16-,19?,23+/m1/s1. The molecule has 0 fully saturated rings. The first kappa shape index (κ1) is 25.3. The predicted molar refractivity (Wildman–Crippen MR) is 132 cm³/mol. The Labute approximate surface area is 203 Å². The molecule has 4 bridgehead atoms. The maximum absolute atomic E-state index is 13.2. The highest BCUT2D eigenvalue weighted by Crippen LogP contribution is 2.31. The molecule has 0 radical (unpaired) electrons. The van der Waals surface area contributed by atoms with Crippen molar-refractivity contribution in [2.75, 3.05) is 11.5 Å². The van der Waals surface area contributed by atoms with Gasteiger partial charge in [0.2, 0.25) is 11.8 Å². The molecule has 8 nitrogen and oxygen atoms in total. The lowest BCUT2D eigenvalue weighted by atomic mass is 10.0. The van der Waals surface area contributed by atoms with Crippen molar-refractivity contribution in [3.8, 4) is 0 Å². The number of aliphatic imine (C=N–C) groups is 1. The summed E-state index contributed by atoms with van der Waals surface area (Å²) in [6.07, 6.45) is 3.41. The van der Waals surface area contributed by atoms with Gasteiger partial charge in [-0.2, -0.15) is 12.6 Å². The van der Waals surface area contributed by atoms with E-state index < -0.39 is 23.7 Å². The minimum atomic E-state index is -1.03. The van der Waals surface area contributed by atoms with Crippen molar-refractivity contribution in [1.82, 2.24) is 15.6 Å². The van der Waals surface area contributed by atoms with Crippen LogP contribution in [0.3, 0.4) is 0 Å². The van der Waals surface area contributed by atoms with Crippen molar-refractivity contribution in [2.45, 2.75) is 57.8 Å². The van der Waals surface area contributed by atoms with Gasteiger partial charge >= 0.3 is 5.97 Å². The summed E-state index contributed by atoms with van der Waals surface area (Å²) in [7, 11) is 0. The fourth-order valence-electron chi connectivity index (χ4n) is 3.37. The minimum Gasteiger partial charge on any atom is -0.456 e. The molecule has 10 heteroatoms. The minimum absolute atomic E-state index is 0.0342. The molecule has 3 atom stereocenters. The summed E-state index contributed by atoms with van der Waals surface area (Å²) >= 11 is 5.63. The number of ether oxygens (including phenoxy) is 1. The van der Waals surface area contributed by atoms with Gasteiger partial charge in [0.25, 0.3) is 0 Å². The second-order valence-electron chi connectivity index (χ2n) is 8.59. The van der Waals surface area contributed by atoms with Crippen LogP contribution in [0.5, 0.6) is 0 Å². The predicted octanol–water partition coefficient (Wildman–Crippen LogP) is 2.28. The van der Waals surface area contributed by atoms with Gasteiger partial charge in [0.15, 0.2) is 0 Å². The van der Waals surface area contributed by atoms with Crippen LogP contribution < -0.4 is 10.6 Å². The number of nitrogens with zero attached hydrogens (tertiary/aromatic N) is 2. The zero-order valence-corrected chi connectivity index (χ0v) is 20.7. The third kappa shape index (κ3) is 6.60. The summed E-state index contributed by atoms with van der Waals surface area (Å²) < 4.78 is 5.66. The van der Waals surface area contributed by atoms with E-state index in [9.17, 15) is 14.4 Å². The van der Waals surface area contributed by atoms with Crippen molar-refractivity contribution < 1.29 is 19.1 Å². The van der Waals surface area contributed by atoms with Gasteiger partial charge in [-0.3, -0.25) is 14.6 Å². The topological polar surface area (TPSA) is 110 Å². The number of aromatic nitrogens is 1. The van der Waals surface area contributed by atoms with E-state index in [0.29, 0.717) is 34.4 Å². The Morgan fingerprint density at radius 2 is 2.12 bits per heavy atom. The van der Waals surface area contributed by atoms with Crippen molar-refractivity contribution >= 4 is 47.2 Å². The van der Waals surface area contributed by atoms with E-state index in [1.807, 2.05) is 38.1 Å². The fourth-order valence-corrected chi connectivity index (χ4v) is 4.66. The van der Waals surface area contributed by atoms with E-state index in [1.165, 1.54) is 11.8 Å². The SMILES string of the molecule is CC(C)C1NC(=O)[C@]2(C)CSC(=N2)c2cccc(n2)CNC(=O)C[C@@H](/C=C/CCS)OC1=O. The number of carbonyl (C=O) groups is 3. The number of thiol groups is 1. The lowest BCUT2D eigenvalue weighted by molar-refractivity contribution is -0.153. The molecule has 2 N–H and O–H groups in total. The van der Waals surface area contributed by atoms with E-state index in [0.717, 1.165) is 0 Å². The number of hydrogen-bond donors (Lipinski definition) is 3. The van der Waals surface area contributed by atoms with Crippen LogP contribution >= 0.6 is 24.4 Å². The van der Waals surface area contributed by atoms with Gasteiger partial charge in [0.05, 0.1) is 24.4 Å². The maximum atomic E-state index is 13.2. The largest absolute Gasteiger partial charge is 0.456 e. The monoisotopic (exact) mass is 490 g/mol. The highest BCUT2D eigenvalue weighted by molar-refractivity contribution is 8.14. The van der Waals surface area contributed by atoms with Crippen molar-refractivity contribution in [3.05, 3.63) is 41.7 Å². The number of cyclic esters (lactones) is 1. The number of pyridine rings is 1. The molecule has 0 saturated heterocycles. The molecule has 33 heavy (non-hydrogen) atoms. The third-order valence-electron chi connectivity index (χ3n) is 5.33. The Hall–Kier alpha value is -2.33. The molecule has 3 rings (SSSR count). The van der Waals surface area contributed by atoms with Gasteiger partial charge < -0.3 is 15.4 Å². The summed E-state index contributed by atoms with van der Waals surface area (Å²) in [5.41, 5.74) is 0.304. The van der Waals surface area contributed by atoms with E-state index in [2.05, 4.69) is 33.2 Å². The summed E-state index contributed by atoms with van der Waals surface area (Å²) in [6, 6.07) is 4.64. The van der Waals surface area contributed by atoms with E-state index in [-0.39, 0.29) is 30.7 Å². The van der Waals surface area contributed by atoms with Gasteiger partial charge in [0, 0.05) is 5.75 Å². The average Bonchev–Trinajstić information content (AvgIpc) is 3.19. The molecule has 3 heterocycles. The third-order valence-corrected chi connectivity index (χ3v) is 6.87. The summed E-state index contributed by atoms with van der Waals surface area (Å²) in [5.74, 6) is -0.336. The van der Waals surface area contributed by atoms with Crippen LogP contribution in [0.4, 0.5) is 0 Å². The Balaban J connectivity index is 1.95. The number of thioether (sulfide) groups is 1. The number of carbonyl (C=O) groups excluding carboxylic acids is 3. The first-order valence-electron chi connectivity index (χ1n) is 11.0. The Morgan fingerprint density at radius 3 is 2.85 bits per heavy atom. The molecular formula is C23H30N4O4S2. The molecule has 2 aliphatic heterocycles. The zero-order valence-electron chi connectivity index (χ0n) is 19.0. The molecule has 0 saturated carbocycles. The second kappa shape index (κ2) is 11.2. The summed E-state index contributed by atoms with van der Waals surface area (Å²) in [4.78, 5) is 48.0. The van der Waals surface area contributed by atoms with Crippen LogP contribution in [-0.4, -0.2) is 57.0 Å². The number of hydrogen-bond acceptors (Lipinski definition) is 8. The maximum Gasteiger partial charge on any atom is 0.329 e. The number of amides is 2. The quantitative estimate of drug-likeness (QED) is 0.339. The van der Waals surface area contributed by atoms with Gasteiger partial charge in [-0.25, -0.2) is 9.78 Å². The van der Waals surface area contributed by atoms with Crippen LogP contribution in [0.25, 0.3) is 0 Å². The second-order valence-corrected chi connectivity index (χ2v) is 10.00. The molecule has 1 unspecified atom stereocenters. The van der Waals surface area contributed by atoms with Crippen LogP contribution in [0.1, 0.15) is 45.0 Å². The molecule has 2 amide bonds. The van der Waals surface area contributed by atoms with Gasteiger partial charge in [-0.15, -0.1) is 11.8 Å². The van der Waals surface area contributed by atoms with Crippen molar-refractivity contribution in [3.63, 3.8) is 0 Å². The molecule has 178 valence electrons. The lowest BCUT2D eigenvalue weighted by Crippen LogP contribution is -2.53. The number of fused-ring (bicyclic) bond motifs is 4. The molecule has 1 aromatic heterocycles. The highest BCUT2D eigenvalue weighted by atomic mass is 32.2. The van der Waals surface area contributed by atoms with Crippen LogP contribution in [0.2, 0.25) is 0 Å². The van der Waals surface area contributed by atoms with Gasteiger partial charge in [-0.1, -0.05) is 26.0 Å². The van der Waals surface area contributed by atoms with E-state index in [4.69, 9.17) is 4.74 Å². The van der Waals surface area contributed by atoms with Crippen LogP contribution in [0, 0.1) is 5.92 Å². The molecule has 0 aliphatic carbocycles. The van der Waals surface area contributed by atoms with E-state index >= 15 is 0 Å². The highest BCUT2D eigenvalue weighted by Gasteiger charge is 2.41. The molecule has 0 spiro atoms. The molecular weight excluding hydrogens is 460 g/mol. The van der Waals surface area contributed by atoms with Gasteiger partial charge in [0.1, 0.15) is 22.7 Å². The summed E-state index contributed by atoms with van der Waals surface area (Å²) in [5, 5.41) is 6.33. The lowest BCUT2D eigenvalue weighted by Gasteiger charge is -2.27. The Morgan fingerprint density at radius 1 is 1.33 bits per heavy atom. The number of nitrogens with one attached hydrogen (secondary N) is 2. The van der Waals surface area contributed by atoms with Crippen LogP contribution in [-0.2, 0) is 25.7 Å². The molecule has 1 aromatic rings. The smallest absolute Gasteiger partial charge is 0.329 e. The normalized spacial score (nSPS) is 26.7. The number of esters is 1. The molecule has 0 aromatic carbocycles. The summed E-state index contributed by atoms with van der Waals surface area (Å²) in [6.45, 7) is 5.65. The first-order chi connectivity index (χ1) is 15.7. The van der Waals surface area contributed by atoms with Gasteiger partial charge in [-0.05, 0) is 43.2 Å². The fraction of sp³-hybridized carbons (Fsp3) is 0.522. The van der Waals surface area contributed by atoms with Crippen molar-refractivity contribution in [2.24, 2.45) is 10.9 Å².